The van der Waals surface area contributed by atoms with Crippen molar-refractivity contribution in [2.24, 2.45) is 5.92 Å². The molecule has 0 spiro atoms. The monoisotopic (exact) mass is 243 g/mol. The minimum absolute atomic E-state index is 0.0985. The fourth-order valence-electron chi connectivity index (χ4n) is 1.89. The van der Waals surface area contributed by atoms with Crippen LogP contribution in [-0.2, 0) is 0 Å². The highest BCUT2D eigenvalue weighted by Crippen LogP contribution is 2.32. The van der Waals surface area contributed by atoms with Crippen LogP contribution in [0.15, 0.2) is 10.5 Å². The van der Waals surface area contributed by atoms with Gasteiger partial charge in [-0.1, -0.05) is 18.5 Å². The van der Waals surface area contributed by atoms with E-state index in [2.05, 4.69) is 6.92 Å². The molecule has 1 aliphatic rings. The maximum absolute atomic E-state index is 10.7. The number of furan rings is 1. The topological polar surface area (TPSA) is 53.7 Å². The Balaban J connectivity index is 2.17. The number of carboxylic acids is 1. The van der Waals surface area contributed by atoms with Gasteiger partial charge in [0, 0.05) is 19.2 Å². The Morgan fingerprint density at radius 1 is 1.56 bits per heavy atom. The van der Waals surface area contributed by atoms with Crippen LogP contribution in [0.2, 0.25) is 5.02 Å². The molecule has 16 heavy (non-hydrogen) atoms. The fraction of sp³-hybridized carbons (Fsp3) is 0.545. The number of carbonyl (C=O) groups is 1. The molecule has 0 amide bonds. The maximum Gasteiger partial charge on any atom is 0.371 e. The minimum atomic E-state index is -1.08. The molecule has 0 bridgehead atoms. The zero-order valence-electron chi connectivity index (χ0n) is 9.07. The second kappa shape index (κ2) is 4.37. The second-order valence-corrected chi connectivity index (χ2v) is 4.65. The Morgan fingerprint density at radius 3 is 2.69 bits per heavy atom. The van der Waals surface area contributed by atoms with Gasteiger partial charge in [-0.2, -0.15) is 0 Å². The van der Waals surface area contributed by atoms with Crippen molar-refractivity contribution in [1.29, 1.82) is 0 Å². The smallest absolute Gasteiger partial charge is 0.371 e. The number of rotatable bonds is 2. The van der Waals surface area contributed by atoms with Crippen LogP contribution in [-0.4, -0.2) is 24.2 Å². The molecular weight excluding hydrogens is 230 g/mol. The van der Waals surface area contributed by atoms with Crippen molar-refractivity contribution >= 4 is 23.5 Å². The number of hydrogen-bond acceptors (Lipinski definition) is 3. The first-order valence-corrected chi connectivity index (χ1v) is 5.73. The quantitative estimate of drug-likeness (QED) is 0.868. The van der Waals surface area contributed by atoms with Crippen LogP contribution in [0.3, 0.4) is 0 Å². The normalized spacial score (nSPS) is 17.8. The lowest BCUT2D eigenvalue weighted by molar-refractivity contribution is 0.0663. The minimum Gasteiger partial charge on any atom is -0.475 e. The second-order valence-electron chi connectivity index (χ2n) is 4.24. The molecule has 0 saturated carbocycles. The summed E-state index contributed by atoms with van der Waals surface area (Å²) in [5.74, 6) is 0.0204. The van der Waals surface area contributed by atoms with Crippen LogP contribution in [0.25, 0.3) is 0 Å². The molecule has 0 atom stereocenters. The van der Waals surface area contributed by atoms with E-state index >= 15 is 0 Å². The molecule has 0 aromatic carbocycles. The number of nitrogens with zero attached hydrogens (tertiary/aromatic N) is 1. The van der Waals surface area contributed by atoms with Gasteiger partial charge in [0.25, 0.3) is 0 Å². The first kappa shape index (κ1) is 11.3. The van der Waals surface area contributed by atoms with E-state index in [-0.39, 0.29) is 5.76 Å². The van der Waals surface area contributed by atoms with E-state index in [0.29, 0.717) is 16.8 Å². The summed E-state index contributed by atoms with van der Waals surface area (Å²) in [7, 11) is 0. The van der Waals surface area contributed by atoms with Crippen LogP contribution >= 0.6 is 11.6 Å². The Morgan fingerprint density at radius 2 is 2.19 bits per heavy atom. The van der Waals surface area contributed by atoms with Gasteiger partial charge in [0.15, 0.2) is 0 Å². The van der Waals surface area contributed by atoms with E-state index in [0.717, 1.165) is 25.9 Å². The van der Waals surface area contributed by atoms with Crippen molar-refractivity contribution in [1.82, 2.24) is 0 Å². The van der Waals surface area contributed by atoms with Gasteiger partial charge in [0.05, 0.1) is 0 Å². The Kier molecular flexibility index (Phi) is 3.10. The van der Waals surface area contributed by atoms with Gasteiger partial charge in [-0.15, -0.1) is 0 Å². The predicted molar refractivity (Wildman–Crippen MR) is 61.3 cm³/mol. The molecule has 88 valence electrons. The number of piperidine rings is 1. The third-order valence-corrected chi connectivity index (χ3v) is 3.22. The molecular formula is C11H14ClNO3. The van der Waals surface area contributed by atoms with Crippen molar-refractivity contribution < 1.29 is 14.3 Å². The molecule has 5 heteroatoms. The van der Waals surface area contributed by atoms with Gasteiger partial charge in [-0.25, -0.2) is 4.79 Å². The molecule has 0 aliphatic carbocycles. The lowest BCUT2D eigenvalue weighted by Gasteiger charge is -2.30. The number of halogens is 1. The molecule has 1 saturated heterocycles. The molecule has 1 aliphatic heterocycles. The van der Waals surface area contributed by atoms with Gasteiger partial charge < -0.3 is 14.4 Å². The number of hydrogen-bond donors (Lipinski definition) is 1. The van der Waals surface area contributed by atoms with E-state index in [1.54, 1.807) is 0 Å². The zero-order chi connectivity index (χ0) is 11.7. The van der Waals surface area contributed by atoms with E-state index < -0.39 is 5.97 Å². The highest BCUT2D eigenvalue weighted by Gasteiger charge is 2.23. The summed E-state index contributed by atoms with van der Waals surface area (Å²) in [5.41, 5.74) is 0. The van der Waals surface area contributed by atoms with Crippen LogP contribution in [0.5, 0.6) is 0 Å². The van der Waals surface area contributed by atoms with E-state index in [9.17, 15) is 4.79 Å². The molecule has 2 heterocycles. The maximum atomic E-state index is 10.7. The first-order chi connectivity index (χ1) is 7.58. The van der Waals surface area contributed by atoms with Crippen molar-refractivity contribution in [3.05, 3.63) is 16.8 Å². The molecule has 0 unspecified atom stereocenters. The number of anilines is 1. The largest absolute Gasteiger partial charge is 0.475 e. The van der Waals surface area contributed by atoms with Crippen molar-refractivity contribution in [3.8, 4) is 0 Å². The standard InChI is InChI=1S/C11H14ClNO3/c1-7-2-4-13(5-3-7)10-8(12)6-9(16-10)11(14)15/h6-7H,2-5H2,1H3,(H,14,15). The summed E-state index contributed by atoms with van der Waals surface area (Å²) in [4.78, 5) is 12.7. The third-order valence-electron chi connectivity index (χ3n) is 2.95. The molecule has 2 rings (SSSR count). The zero-order valence-corrected chi connectivity index (χ0v) is 9.83. The van der Waals surface area contributed by atoms with Crippen LogP contribution in [0, 0.1) is 5.92 Å². The highest BCUT2D eigenvalue weighted by atomic mass is 35.5. The van der Waals surface area contributed by atoms with Gasteiger partial charge >= 0.3 is 5.97 Å². The lowest BCUT2D eigenvalue weighted by atomic mass is 9.99. The molecule has 1 N–H and O–H groups in total. The third kappa shape index (κ3) is 2.16. The van der Waals surface area contributed by atoms with Crippen molar-refractivity contribution in [3.63, 3.8) is 0 Å². The molecule has 1 fully saturated rings. The highest BCUT2D eigenvalue weighted by molar-refractivity contribution is 6.33. The first-order valence-electron chi connectivity index (χ1n) is 5.35. The summed E-state index contributed by atoms with van der Waals surface area (Å²) in [5, 5.41) is 9.17. The summed E-state index contributed by atoms with van der Waals surface area (Å²) in [6.07, 6.45) is 2.17. The Labute approximate surface area is 98.8 Å². The van der Waals surface area contributed by atoms with Gasteiger partial charge in [0.2, 0.25) is 11.6 Å². The van der Waals surface area contributed by atoms with Crippen molar-refractivity contribution in [2.45, 2.75) is 19.8 Å². The fourth-order valence-corrected chi connectivity index (χ4v) is 2.15. The summed E-state index contributed by atoms with van der Waals surface area (Å²) in [6, 6.07) is 1.36. The molecule has 0 radical (unpaired) electrons. The van der Waals surface area contributed by atoms with Gasteiger partial charge in [0.1, 0.15) is 5.02 Å². The predicted octanol–water partition coefficient (Wildman–Crippen LogP) is 2.87. The lowest BCUT2D eigenvalue weighted by Crippen LogP contribution is -2.32. The van der Waals surface area contributed by atoms with Crippen LogP contribution in [0.4, 0.5) is 5.88 Å². The van der Waals surface area contributed by atoms with E-state index in [1.807, 2.05) is 4.90 Å². The Bertz CT molecular complexity index is 394. The van der Waals surface area contributed by atoms with Crippen LogP contribution < -0.4 is 4.90 Å². The van der Waals surface area contributed by atoms with Crippen molar-refractivity contribution in [2.75, 3.05) is 18.0 Å². The number of carboxylic acid groups (broad SMARTS) is 1. The average Bonchev–Trinajstić information content (AvgIpc) is 2.62. The summed E-state index contributed by atoms with van der Waals surface area (Å²) in [6.45, 7) is 3.95. The van der Waals surface area contributed by atoms with E-state index in [4.69, 9.17) is 21.1 Å². The average molecular weight is 244 g/mol. The Hall–Kier alpha value is -1.16. The van der Waals surface area contributed by atoms with Crippen LogP contribution in [0.1, 0.15) is 30.3 Å². The SMILES string of the molecule is CC1CCN(c2oc(C(=O)O)cc2Cl)CC1. The molecule has 1 aromatic rings. The van der Waals surface area contributed by atoms with Gasteiger partial charge in [-0.3, -0.25) is 0 Å². The molecule has 4 nitrogen and oxygen atoms in total. The number of aromatic carboxylic acids is 1. The molecule has 1 aromatic heterocycles. The van der Waals surface area contributed by atoms with E-state index in [1.165, 1.54) is 6.07 Å². The van der Waals surface area contributed by atoms with Gasteiger partial charge in [-0.05, 0) is 18.8 Å². The summed E-state index contributed by atoms with van der Waals surface area (Å²) >= 11 is 5.96. The summed E-state index contributed by atoms with van der Waals surface area (Å²) < 4.78 is 5.25.